The molecule has 0 aromatic heterocycles. The molecule has 8 heteroatoms. The van der Waals surface area contributed by atoms with Crippen molar-refractivity contribution >= 4 is 12.1 Å². The van der Waals surface area contributed by atoms with Crippen LogP contribution < -0.4 is 9.47 Å². The Morgan fingerprint density at radius 2 is 1.81 bits per heavy atom. The molecular formula is C29H47NO7. The van der Waals surface area contributed by atoms with Crippen molar-refractivity contribution in [2.75, 3.05) is 47.1 Å². The topological polar surface area (TPSA) is 83.5 Å². The van der Waals surface area contributed by atoms with Crippen LogP contribution in [0, 0.1) is 23.7 Å². The van der Waals surface area contributed by atoms with Gasteiger partial charge in [0.05, 0.1) is 26.2 Å². The van der Waals surface area contributed by atoms with Gasteiger partial charge in [-0.3, -0.25) is 4.79 Å². The first kappa shape index (κ1) is 30.7. The number of likely N-dealkylation sites (tertiary alicyclic amines) is 1. The van der Waals surface area contributed by atoms with E-state index in [1.807, 2.05) is 39.8 Å². The van der Waals surface area contributed by atoms with E-state index < -0.39 is 5.60 Å². The zero-order valence-corrected chi connectivity index (χ0v) is 24.0. The minimum Gasteiger partial charge on any atom is -0.493 e. The summed E-state index contributed by atoms with van der Waals surface area (Å²) in [5.74, 6) is 1.51. The van der Waals surface area contributed by atoms with Gasteiger partial charge in [0.1, 0.15) is 5.60 Å². The summed E-state index contributed by atoms with van der Waals surface area (Å²) >= 11 is 0. The number of amides is 1. The van der Waals surface area contributed by atoms with Crippen LogP contribution in [0.15, 0.2) is 18.2 Å². The first-order valence-electron chi connectivity index (χ1n) is 13.4. The van der Waals surface area contributed by atoms with Gasteiger partial charge in [-0.05, 0) is 76.0 Å². The molecule has 0 bridgehead atoms. The first-order chi connectivity index (χ1) is 17.5. The molecule has 0 aliphatic carbocycles. The number of rotatable bonds is 13. The van der Waals surface area contributed by atoms with Crippen molar-refractivity contribution in [3.8, 4) is 11.5 Å². The number of methoxy groups -OCH3 is 2. The molecule has 0 N–H and O–H groups in total. The highest BCUT2D eigenvalue weighted by atomic mass is 16.6. The largest absolute Gasteiger partial charge is 0.493 e. The Hall–Kier alpha value is -2.48. The Morgan fingerprint density at radius 3 is 2.41 bits per heavy atom. The van der Waals surface area contributed by atoms with Crippen molar-refractivity contribution < 1.29 is 33.3 Å². The summed E-state index contributed by atoms with van der Waals surface area (Å²) in [5.41, 5.74) is 0.558. The van der Waals surface area contributed by atoms with Crippen molar-refractivity contribution in [2.45, 2.75) is 66.4 Å². The van der Waals surface area contributed by atoms with Crippen LogP contribution >= 0.6 is 0 Å². The number of nitrogens with zero attached hydrogens (tertiary/aromatic N) is 1. The quantitative estimate of drug-likeness (QED) is 0.255. The maximum atomic E-state index is 12.8. The molecule has 1 aromatic rings. The number of esters is 1. The van der Waals surface area contributed by atoms with Gasteiger partial charge in [0.15, 0.2) is 11.5 Å². The molecule has 37 heavy (non-hydrogen) atoms. The van der Waals surface area contributed by atoms with Crippen molar-refractivity contribution in [3.63, 3.8) is 0 Å². The summed E-state index contributed by atoms with van der Waals surface area (Å²) in [6.07, 6.45) is 2.05. The fraction of sp³-hybridized carbons (Fsp3) is 0.724. The second kappa shape index (κ2) is 14.5. The molecule has 2 unspecified atom stereocenters. The number of hydrogen-bond donors (Lipinski definition) is 0. The van der Waals surface area contributed by atoms with Gasteiger partial charge in [0, 0.05) is 33.2 Å². The third-order valence-corrected chi connectivity index (χ3v) is 6.71. The number of benzene rings is 1. The monoisotopic (exact) mass is 521 g/mol. The lowest BCUT2D eigenvalue weighted by molar-refractivity contribution is -0.149. The van der Waals surface area contributed by atoms with Crippen LogP contribution in [0.2, 0.25) is 0 Å². The maximum Gasteiger partial charge on any atom is 0.410 e. The van der Waals surface area contributed by atoms with E-state index in [1.54, 1.807) is 19.1 Å². The molecule has 1 saturated heterocycles. The average Bonchev–Trinajstić information content (AvgIpc) is 3.25. The lowest BCUT2D eigenvalue weighted by atomic mass is 9.79. The first-order valence-corrected chi connectivity index (χ1v) is 13.4. The maximum absolute atomic E-state index is 12.8. The SMILES string of the molecule is CCOC(=O)C1CN(C(=O)OC(C)(C)C)CC1C[C@H](Cc1ccc(OC)c(OCCCOC)c1)C(C)C. The van der Waals surface area contributed by atoms with Gasteiger partial charge in [-0.25, -0.2) is 4.79 Å². The van der Waals surface area contributed by atoms with E-state index in [4.69, 9.17) is 23.7 Å². The highest BCUT2D eigenvalue weighted by molar-refractivity contribution is 5.76. The minimum absolute atomic E-state index is 0.00183. The van der Waals surface area contributed by atoms with Gasteiger partial charge in [-0.2, -0.15) is 0 Å². The van der Waals surface area contributed by atoms with Gasteiger partial charge in [0.25, 0.3) is 0 Å². The predicted octanol–water partition coefficient (Wildman–Crippen LogP) is 5.36. The summed E-state index contributed by atoms with van der Waals surface area (Å²) in [6.45, 7) is 14.1. The molecule has 2 rings (SSSR count). The summed E-state index contributed by atoms with van der Waals surface area (Å²) < 4.78 is 27.6. The van der Waals surface area contributed by atoms with Crippen molar-refractivity contribution in [1.82, 2.24) is 4.90 Å². The zero-order chi connectivity index (χ0) is 27.6. The Morgan fingerprint density at radius 1 is 1.08 bits per heavy atom. The Bertz CT molecular complexity index is 864. The lowest BCUT2D eigenvalue weighted by Gasteiger charge is -2.27. The molecular weight excluding hydrogens is 474 g/mol. The van der Waals surface area contributed by atoms with Gasteiger partial charge in [-0.15, -0.1) is 0 Å². The normalized spacial score (nSPS) is 18.6. The number of carbonyl (C=O) groups is 2. The number of ether oxygens (including phenoxy) is 5. The molecule has 0 radical (unpaired) electrons. The predicted molar refractivity (Wildman–Crippen MR) is 143 cm³/mol. The average molecular weight is 522 g/mol. The third kappa shape index (κ3) is 9.72. The van der Waals surface area contributed by atoms with Crippen LogP contribution in [0.5, 0.6) is 11.5 Å². The second-order valence-electron chi connectivity index (χ2n) is 11.1. The molecule has 0 spiro atoms. The van der Waals surface area contributed by atoms with Crippen LogP contribution in [0.1, 0.15) is 59.9 Å². The second-order valence-corrected chi connectivity index (χ2v) is 11.1. The molecule has 3 atom stereocenters. The van der Waals surface area contributed by atoms with Crippen molar-refractivity contribution in [3.05, 3.63) is 23.8 Å². The van der Waals surface area contributed by atoms with E-state index in [2.05, 4.69) is 19.9 Å². The molecule has 1 heterocycles. The molecule has 1 aliphatic rings. The molecule has 1 amide bonds. The van der Waals surface area contributed by atoms with Gasteiger partial charge in [-0.1, -0.05) is 19.9 Å². The van der Waals surface area contributed by atoms with Crippen LogP contribution in [-0.2, 0) is 25.4 Å². The van der Waals surface area contributed by atoms with Gasteiger partial charge in [0.2, 0.25) is 0 Å². The summed E-state index contributed by atoms with van der Waals surface area (Å²) in [5, 5.41) is 0. The smallest absolute Gasteiger partial charge is 0.410 e. The summed E-state index contributed by atoms with van der Waals surface area (Å²) in [6, 6.07) is 6.06. The van der Waals surface area contributed by atoms with Crippen LogP contribution in [0.3, 0.4) is 0 Å². The molecule has 0 saturated carbocycles. The minimum atomic E-state index is -0.591. The van der Waals surface area contributed by atoms with E-state index in [-0.39, 0.29) is 23.9 Å². The zero-order valence-electron chi connectivity index (χ0n) is 24.0. The molecule has 1 fully saturated rings. The van der Waals surface area contributed by atoms with E-state index in [9.17, 15) is 9.59 Å². The Labute approximate surface area is 222 Å². The van der Waals surface area contributed by atoms with Crippen LogP contribution in [-0.4, -0.2) is 69.7 Å². The van der Waals surface area contributed by atoms with E-state index >= 15 is 0 Å². The van der Waals surface area contributed by atoms with Gasteiger partial charge < -0.3 is 28.6 Å². The molecule has 1 aliphatic heterocycles. The highest BCUT2D eigenvalue weighted by Gasteiger charge is 2.42. The van der Waals surface area contributed by atoms with Crippen molar-refractivity contribution in [1.29, 1.82) is 0 Å². The lowest BCUT2D eigenvalue weighted by Crippen LogP contribution is -2.36. The van der Waals surface area contributed by atoms with E-state index in [1.165, 1.54) is 0 Å². The Balaban J connectivity index is 2.18. The van der Waals surface area contributed by atoms with Crippen molar-refractivity contribution in [2.24, 2.45) is 23.7 Å². The van der Waals surface area contributed by atoms with Crippen LogP contribution in [0.4, 0.5) is 4.79 Å². The Kier molecular flexibility index (Phi) is 12.0. The van der Waals surface area contributed by atoms with Crippen LogP contribution in [0.25, 0.3) is 0 Å². The molecule has 210 valence electrons. The number of carbonyl (C=O) groups excluding carboxylic acids is 2. The summed E-state index contributed by atoms with van der Waals surface area (Å²) in [7, 11) is 3.32. The standard InChI is InChI=1S/C29H47NO7/c1-9-35-27(31)24-19-30(28(32)37-29(4,5)6)18-23(24)17-22(20(2)3)15-21-11-12-25(34-8)26(16-21)36-14-10-13-33-7/h11-12,16,20,22-24H,9-10,13-15,17-19H2,1-8H3/t22-,23?,24?/m0/s1. The van der Waals surface area contributed by atoms with E-state index in [0.29, 0.717) is 50.5 Å². The molecule has 8 nitrogen and oxygen atoms in total. The number of hydrogen-bond acceptors (Lipinski definition) is 7. The summed E-state index contributed by atoms with van der Waals surface area (Å²) in [4.78, 5) is 27.3. The third-order valence-electron chi connectivity index (χ3n) is 6.71. The van der Waals surface area contributed by atoms with E-state index in [0.717, 1.165) is 30.6 Å². The fourth-order valence-corrected chi connectivity index (χ4v) is 4.73. The highest BCUT2D eigenvalue weighted by Crippen LogP contribution is 2.36. The van der Waals surface area contributed by atoms with Gasteiger partial charge >= 0.3 is 12.1 Å². The molecule has 1 aromatic carbocycles. The fourth-order valence-electron chi connectivity index (χ4n) is 4.73.